The molecule has 3 aromatic carbocycles. The smallest absolute Gasteiger partial charge is 0.192 e. The lowest BCUT2D eigenvalue weighted by atomic mass is 10.0. The molecule has 3 rings (SSSR count). The van der Waals surface area contributed by atoms with Crippen LogP contribution in [0, 0.1) is 11.3 Å². The van der Waals surface area contributed by atoms with Crippen LogP contribution in [-0.4, -0.2) is 0 Å². The molecule has 0 fully saturated rings. The third-order valence-corrected chi connectivity index (χ3v) is 5.15. The number of rotatable bonds is 4. The summed E-state index contributed by atoms with van der Waals surface area (Å²) in [6.07, 6.45) is -2.74. The third kappa shape index (κ3) is 5.19. The normalized spacial score (nSPS) is 11.9. The monoisotopic (exact) mass is 415 g/mol. The number of nitrogens with zero attached hydrogens (tertiary/aromatic N) is 1. The van der Waals surface area contributed by atoms with Crippen molar-refractivity contribution < 1.29 is 13.2 Å². The Morgan fingerprint density at radius 2 is 1.39 bits per heavy atom. The maximum Gasteiger partial charge on any atom is 0.416 e. The van der Waals surface area contributed by atoms with E-state index in [2.05, 4.69) is 0 Å². The summed E-state index contributed by atoms with van der Waals surface area (Å²) in [5, 5.41) is 10.1. The first-order valence-electron chi connectivity index (χ1n) is 8.18. The van der Waals surface area contributed by atoms with E-state index >= 15 is 0 Å². The van der Waals surface area contributed by atoms with E-state index in [0.717, 1.165) is 27.5 Å². The summed E-state index contributed by atoms with van der Waals surface area (Å²) in [7, 11) is 0. The van der Waals surface area contributed by atoms with Gasteiger partial charge in [-0.1, -0.05) is 47.6 Å². The van der Waals surface area contributed by atoms with Gasteiger partial charge in [0.15, 0.2) is 0 Å². The van der Waals surface area contributed by atoms with Gasteiger partial charge in [-0.05, 0) is 65.7 Å². The second-order valence-electron chi connectivity index (χ2n) is 5.87. The molecular weight excluding hydrogens is 403 g/mol. The Morgan fingerprint density at radius 1 is 0.857 bits per heavy atom. The third-order valence-electron chi connectivity index (χ3n) is 3.88. The molecule has 0 radical (unpaired) electrons. The predicted molar refractivity (Wildman–Crippen MR) is 107 cm³/mol. The fourth-order valence-corrected chi connectivity index (χ4v) is 3.40. The maximum atomic E-state index is 12.7. The highest BCUT2D eigenvalue weighted by atomic mass is 35.5. The summed E-state index contributed by atoms with van der Waals surface area (Å²) in [5.41, 5.74) is 0.788. The summed E-state index contributed by atoms with van der Waals surface area (Å²) < 4.78 is 38.0. The Kier molecular flexibility index (Phi) is 6.13. The molecule has 0 aromatic heterocycles. The minimum absolute atomic E-state index is 0.298. The molecule has 0 aliphatic rings. The van der Waals surface area contributed by atoms with E-state index in [1.807, 2.05) is 54.6 Å². The fraction of sp³-hybridized carbons (Fsp3) is 0.0455. The van der Waals surface area contributed by atoms with Crippen LogP contribution in [0.25, 0.3) is 11.6 Å². The molecule has 0 bridgehead atoms. The summed E-state index contributed by atoms with van der Waals surface area (Å²) in [6.45, 7) is 0. The highest BCUT2D eigenvalue weighted by Gasteiger charge is 2.30. The molecule has 140 valence electrons. The Morgan fingerprint density at radius 3 is 1.89 bits per heavy atom. The highest BCUT2D eigenvalue weighted by Crippen LogP contribution is 2.31. The zero-order valence-electron chi connectivity index (χ0n) is 14.4. The minimum atomic E-state index is -4.40. The van der Waals surface area contributed by atoms with Gasteiger partial charge in [0.2, 0.25) is 0 Å². The molecule has 0 aliphatic carbocycles. The van der Waals surface area contributed by atoms with Crippen molar-refractivity contribution in [2.75, 3.05) is 0 Å². The van der Waals surface area contributed by atoms with Crippen molar-refractivity contribution in [1.29, 1.82) is 5.26 Å². The Hall–Kier alpha value is -2.68. The Labute approximate surface area is 170 Å². The number of hydrogen-bond donors (Lipinski definition) is 0. The second-order valence-corrected chi connectivity index (χ2v) is 7.45. The molecule has 0 atom stereocenters. The molecule has 1 nitrogen and oxygen atoms in total. The summed E-state index contributed by atoms with van der Waals surface area (Å²) in [5.74, 6) is 0. The number of halogens is 4. The highest BCUT2D eigenvalue weighted by molar-refractivity contribution is 7.99. The van der Waals surface area contributed by atoms with Crippen molar-refractivity contribution in [3.8, 4) is 6.07 Å². The molecule has 3 aromatic rings. The van der Waals surface area contributed by atoms with Crippen molar-refractivity contribution >= 4 is 35.0 Å². The first-order chi connectivity index (χ1) is 13.3. The van der Waals surface area contributed by atoms with Gasteiger partial charge in [-0.3, -0.25) is 0 Å². The van der Waals surface area contributed by atoms with E-state index in [1.54, 1.807) is 17.8 Å². The maximum absolute atomic E-state index is 12.7. The average molecular weight is 416 g/mol. The lowest BCUT2D eigenvalue weighted by molar-refractivity contribution is -0.137. The van der Waals surface area contributed by atoms with Crippen LogP contribution in [0.5, 0.6) is 0 Å². The minimum Gasteiger partial charge on any atom is -0.192 e. The van der Waals surface area contributed by atoms with Gasteiger partial charge in [0.25, 0.3) is 0 Å². The van der Waals surface area contributed by atoms with E-state index < -0.39 is 11.7 Å². The van der Waals surface area contributed by atoms with E-state index in [-0.39, 0.29) is 0 Å². The van der Waals surface area contributed by atoms with Crippen molar-refractivity contribution in [1.82, 2.24) is 0 Å². The van der Waals surface area contributed by atoms with Gasteiger partial charge in [-0.15, -0.1) is 0 Å². The van der Waals surface area contributed by atoms with Crippen LogP contribution in [-0.2, 0) is 6.18 Å². The first-order valence-corrected chi connectivity index (χ1v) is 9.37. The Bertz CT molecular complexity index is 1020. The van der Waals surface area contributed by atoms with Crippen molar-refractivity contribution in [3.63, 3.8) is 0 Å². The standard InChI is InChI=1S/C22H13ClF3NS/c23-19-7-11-21(12-8-19)28-20-9-1-15(2-10-20)13-17(14-27)16-3-5-18(6-4-16)22(24,25)26/h1-13H/b17-13-. The van der Waals surface area contributed by atoms with Gasteiger partial charge >= 0.3 is 6.18 Å². The van der Waals surface area contributed by atoms with Crippen LogP contribution in [0.1, 0.15) is 16.7 Å². The van der Waals surface area contributed by atoms with Crippen LogP contribution in [0.4, 0.5) is 13.2 Å². The molecule has 0 saturated carbocycles. The molecule has 0 N–H and O–H groups in total. The summed E-state index contributed by atoms with van der Waals surface area (Å²) >= 11 is 7.46. The van der Waals surface area contributed by atoms with E-state index in [9.17, 15) is 18.4 Å². The fourth-order valence-electron chi connectivity index (χ4n) is 2.46. The lowest BCUT2D eigenvalue weighted by Crippen LogP contribution is -2.04. The Balaban J connectivity index is 1.77. The largest absolute Gasteiger partial charge is 0.416 e. The van der Waals surface area contributed by atoms with Gasteiger partial charge in [-0.25, -0.2) is 0 Å². The van der Waals surface area contributed by atoms with Crippen molar-refractivity contribution in [3.05, 3.63) is 94.5 Å². The van der Waals surface area contributed by atoms with Gasteiger partial charge in [0.1, 0.15) is 0 Å². The van der Waals surface area contributed by atoms with E-state index in [0.29, 0.717) is 16.2 Å². The molecule has 0 amide bonds. The molecular formula is C22H13ClF3NS. The zero-order chi connectivity index (χ0) is 20.1. The molecule has 0 aliphatic heterocycles. The van der Waals surface area contributed by atoms with E-state index in [4.69, 9.17) is 11.6 Å². The molecule has 6 heteroatoms. The predicted octanol–water partition coefficient (Wildman–Crippen LogP) is 7.57. The van der Waals surface area contributed by atoms with Crippen molar-refractivity contribution in [2.24, 2.45) is 0 Å². The van der Waals surface area contributed by atoms with Crippen LogP contribution in [0.2, 0.25) is 5.02 Å². The van der Waals surface area contributed by atoms with Crippen LogP contribution < -0.4 is 0 Å². The van der Waals surface area contributed by atoms with Crippen LogP contribution >= 0.6 is 23.4 Å². The van der Waals surface area contributed by atoms with Gasteiger partial charge < -0.3 is 0 Å². The first kappa shape index (κ1) is 20.1. The molecule has 0 unspecified atom stereocenters. The number of alkyl halides is 3. The number of hydrogen-bond acceptors (Lipinski definition) is 2. The molecule has 28 heavy (non-hydrogen) atoms. The lowest BCUT2D eigenvalue weighted by Gasteiger charge is -2.07. The SMILES string of the molecule is N#C/C(=C/c1ccc(Sc2ccc(Cl)cc2)cc1)c1ccc(C(F)(F)F)cc1. The quantitative estimate of drug-likeness (QED) is 0.324. The molecule has 0 saturated heterocycles. The topological polar surface area (TPSA) is 23.8 Å². The second kappa shape index (κ2) is 8.55. The number of nitriles is 1. The van der Waals surface area contributed by atoms with Gasteiger partial charge in [-0.2, -0.15) is 18.4 Å². The summed E-state index contributed by atoms with van der Waals surface area (Å²) in [6, 6.07) is 21.7. The summed E-state index contributed by atoms with van der Waals surface area (Å²) in [4.78, 5) is 2.07. The number of benzene rings is 3. The average Bonchev–Trinajstić information content (AvgIpc) is 2.68. The molecule has 0 spiro atoms. The molecule has 0 heterocycles. The van der Waals surface area contributed by atoms with Gasteiger partial charge in [0.05, 0.1) is 17.2 Å². The van der Waals surface area contributed by atoms with Crippen LogP contribution in [0.3, 0.4) is 0 Å². The van der Waals surface area contributed by atoms with Gasteiger partial charge in [0, 0.05) is 14.8 Å². The van der Waals surface area contributed by atoms with Crippen molar-refractivity contribution in [2.45, 2.75) is 16.0 Å². The van der Waals surface area contributed by atoms with E-state index in [1.165, 1.54) is 12.1 Å². The van der Waals surface area contributed by atoms with Crippen LogP contribution in [0.15, 0.2) is 82.6 Å². The number of allylic oxidation sites excluding steroid dienone is 1. The zero-order valence-corrected chi connectivity index (χ0v) is 15.9.